The van der Waals surface area contributed by atoms with Gasteiger partial charge in [0.15, 0.2) is 0 Å². The van der Waals surface area contributed by atoms with Gasteiger partial charge in [0.25, 0.3) is 0 Å². The summed E-state index contributed by atoms with van der Waals surface area (Å²) in [6.07, 6.45) is 4.73. The number of allylic oxidation sites excluding steroid dienone is 3. The van der Waals surface area contributed by atoms with Crippen LogP contribution in [0.4, 0.5) is 13.2 Å². The normalized spacial score (nSPS) is 15.3. The second kappa shape index (κ2) is 14.9. The van der Waals surface area contributed by atoms with Gasteiger partial charge in [-0.05, 0) is 50.3 Å². The maximum absolute atomic E-state index is 11.4. The van der Waals surface area contributed by atoms with Crippen LogP contribution in [0.1, 0.15) is 58.1 Å². The number of benzene rings is 1. The molecule has 6 heteroatoms. The van der Waals surface area contributed by atoms with Crippen LogP contribution in [0.3, 0.4) is 0 Å². The summed E-state index contributed by atoms with van der Waals surface area (Å²) in [5, 5.41) is 3.44. The first-order chi connectivity index (χ1) is 13.6. The van der Waals surface area contributed by atoms with Crippen LogP contribution < -0.4 is 5.32 Å². The van der Waals surface area contributed by atoms with E-state index in [0.29, 0.717) is 12.5 Å². The van der Waals surface area contributed by atoms with Crippen molar-refractivity contribution < 1.29 is 18.0 Å². The molecule has 1 amide bonds. The molecule has 2 rings (SSSR count). The molecule has 1 N–H and O–H groups in total. The van der Waals surface area contributed by atoms with E-state index in [2.05, 4.69) is 63.0 Å². The first-order valence-electron chi connectivity index (χ1n) is 9.87. The summed E-state index contributed by atoms with van der Waals surface area (Å²) in [5.41, 5.74) is 5.04. The number of carbonyl (C=O) groups excluding carboxylic acids is 1. The Balaban J connectivity index is 0.000000734. The predicted octanol–water partition coefficient (Wildman–Crippen LogP) is 5.97. The maximum Gasteiger partial charge on any atom is 0.379 e. The molecular weight excluding hydrogens is 377 g/mol. The molecule has 0 aliphatic carbocycles. The lowest BCUT2D eigenvalue weighted by Crippen LogP contribution is -2.37. The van der Waals surface area contributed by atoms with E-state index in [1.165, 1.54) is 22.3 Å². The quantitative estimate of drug-likeness (QED) is 0.584. The largest absolute Gasteiger partial charge is 0.379 e. The van der Waals surface area contributed by atoms with Crippen molar-refractivity contribution in [2.45, 2.75) is 66.2 Å². The van der Waals surface area contributed by atoms with Gasteiger partial charge in [0.1, 0.15) is 0 Å². The van der Waals surface area contributed by atoms with E-state index in [0.717, 1.165) is 25.9 Å². The molecule has 1 fully saturated rings. The molecule has 1 atom stereocenters. The van der Waals surface area contributed by atoms with Crippen LogP contribution >= 0.6 is 0 Å². The van der Waals surface area contributed by atoms with Gasteiger partial charge in [-0.1, -0.05) is 49.4 Å². The Morgan fingerprint density at radius 2 is 1.79 bits per heavy atom. The number of hydrogen-bond acceptors (Lipinski definition) is 2. The third-order valence-corrected chi connectivity index (χ3v) is 4.71. The zero-order valence-electron chi connectivity index (χ0n) is 18.3. The number of hydrogen-bond donors (Lipinski definition) is 1. The minimum atomic E-state index is -3.67. The van der Waals surface area contributed by atoms with Gasteiger partial charge in [-0.2, -0.15) is 13.2 Å². The summed E-state index contributed by atoms with van der Waals surface area (Å²) in [7, 11) is 1.90. The smallest absolute Gasteiger partial charge is 0.341 e. The average molecular weight is 413 g/mol. The summed E-state index contributed by atoms with van der Waals surface area (Å²) in [6.45, 7) is 10.4. The van der Waals surface area contributed by atoms with Crippen molar-refractivity contribution in [1.82, 2.24) is 10.2 Å². The van der Waals surface area contributed by atoms with Gasteiger partial charge in [-0.15, -0.1) is 0 Å². The number of likely N-dealkylation sites (tertiary alicyclic amines) is 1. The highest BCUT2D eigenvalue weighted by atomic mass is 19.4. The van der Waals surface area contributed by atoms with Crippen LogP contribution in [-0.4, -0.2) is 37.1 Å². The fraction of sp³-hybridized carbons (Fsp3) is 0.522. The van der Waals surface area contributed by atoms with Crippen LogP contribution in [0.2, 0.25) is 0 Å². The standard InChI is InChI=1S/C17H24N2O.C5H10.CHF3/c1-4-13(2)15-7-5-14(6-8-15)11-18-12-16-9-10-17(20)19(16)3;1-4-5(2)3;2-1(3)4/h5-8,16,18H,2,4,9-12H2,1,3H3;4H,1-3H3;1H. The van der Waals surface area contributed by atoms with Crippen molar-refractivity contribution in [3.8, 4) is 0 Å². The number of alkyl halides is 3. The van der Waals surface area contributed by atoms with Gasteiger partial charge in [0, 0.05) is 32.6 Å². The lowest BCUT2D eigenvalue weighted by molar-refractivity contribution is -0.127. The molecule has 3 nitrogen and oxygen atoms in total. The molecule has 0 bridgehead atoms. The maximum atomic E-state index is 11.4. The average Bonchev–Trinajstić information content (AvgIpc) is 3.00. The molecule has 0 spiro atoms. The van der Waals surface area contributed by atoms with Gasteiger partial charge in [0.05, 0.1) is 0 Å². The Labute approximate surface area is 173 Å². The van der Waals surface area contributed by atoms with Crippen molar-refractivity contribution in [1.29, 1.82) is 0 Å². The number of carbonyl (C=O) groups is 1. The van der Waals surface area contributed by atoms with Gasteiger partial charge >= 0.3 is 6.68 Å². The van der Waals surface area contributed by atoms with E-state index < -0.39 is 6.68 Å². The van der Waals surface area contributed by atoms with Gasteiger partial charge < -0.3 is 10.2 Å². The number of nitrogens with one attached hydrogen (secondary N) is 1. The molecule has 1 unspecified atom stereocenters. The van der Waals surface area contributed by atoms with Crippen LogP contribution in [0, 0.1) is 0 Å². The zero-order valence-corrected chi connectivity index (χ0v) is 18.3. The van der Waals surface area contributed by atoms with Crippen LogP contribution in [0.15, 0.2) is 42.5 Å². The number of likely N-dealkylation sites (N-methyl/N-ethyl adjacent to an activating group) is 1. The van der Waals surface area contributed by atoms with E-state index in [4.69, 9.17) is 0 Å². The number of rotatable bonds is 6. The molecule has 0 saturated carbocycles. The molecule has 1 aromatic carbocycles. The zero-order chi connectivity index (χ0) is 22.4. The van der Waals surface area contributed by atoms with Crippen LogP contribution in [0.5, 0.6) is 0 Å². The lowest BCUT2D eigenvalue weighted by atomic mass is 10.0. The van der Waals surface area contributed by atoms with E-state index in [9.17, 15) is 18.0 Å². The number of halogens is 3. The molecule has 1 saturated heterocycles. The van der Waals surface area contributed by atoms with Gasteiger partial charge in [0.2, 0.25) is 5.91 Å². The highest BCUT2D eigenvalue weighted by Crippen LogP contribution is 2.17. The second-order valence-corrected chi connectivity index (χ2v) is 7.10. The number of nitrogens with zero attached hydrogens (tertiary/aromatic N) is 1. The Morgan fingerprint density at radius 3 is 2.17 bits per heavy atom. The molecule has 1 heterocycles. The van der Waals surface area contributed by atoms with Crippen molar-refractivity contribution in [2.75, 3.05) is 13.6 Å². The van der Waals surface area contributed by atoms with E-state index >= 15 is 0 Å². The Kier molecular flexibility index (Phi) is 13.8. The third-order valence-electron chi connectivity index (χ3n) is 4.71. The van der Waals surface area contributed by atoms with Crippen molar-refractivity contribution in [2.24, 2.45) is 0 Å². The summed E-state index contributed by atoms with van der Waals surface area (Å²) >= 11 is 0. The summed E-state index contributed by atoms with van der Waals surface area (Å²) in [4.78, 5) is 13.3. The SMILES string of the molecule is C=C(CC)c1ccc(CNCC2CCC(=O)N2C)cc1.CC=C(C)C.FC(F)F. The Hall–Kier alpha value is -2.08. The van der Waals surface area contributed by atoms with E-state index in [1.807, 2.05) is 18.9 Å². The van der Waals surface area contributed by atoms with Crippen molar-refractivity contribution in [3.63, 3.8) is 0 Å². The molecule has 164 valence electrons. The Bertz CT molecular complexity index is 635. The van der Waals surface area contributed by atoms with E-state index in [-0.39, 0.29) is 5.91 Å². The molecule has 29 heavy (non-hydrogen) atoms. The van der Waals surface area contributed by atoms with Crippen LogP contribution in [0.25, 0.3) is 5.57 Å². The fourth-order valence-corrected chi connectivity index (χ4v) is 2.55. The lowest BCUT2D eigenvalue weighted by Gasteiger charge is -2.20. The topological polar surface area (TPSA) is 32.3 Å². The molecule has 1 aromatic rings. The highest BCUT2D eigenvalue weighted by Gasteiger charge is 2.26. The van der Waals surface area contributed by atoms with Gasteiger partial charge in [-0.25, -0.2) is 0 Å². The molecule has 0 aromatic heterocycles. The van der Waals surface area contributed by atoms with Crippen molar-refractivity contribution >= 4 is 11.5 Å². The van der Waals surface area contributed by atoms with Crippen molar-refractivity contribution in [3.05, 3.63) is 53.6 Å². The highest BCUT2D eigenvalue weighted by molar-refractivity contribution is 5.78. The summed E-state index contributed by atoms with van der Waals surface area (Å²) in [6, 6.07) is 8.91. The second-order valence-electron chi connectivity index (χ2n) is 7.10. The first kappa shape index (κ1) is 26.9. The molecular formula is C23H35F3N2O. The van der Waals surface area contributed by atoms with E-state index in [1.54, 1.807) is 0 Å². The number of amides is 1. The Morgan fingerprint density at radius 1 is 1.28 bits per heavy atom. The minimum absolute atomic E-state index is 0.263. The summed E-state index contributed by atoms with van der Waals surface area (Å²) < 4.78 is 29.0. The predicted molar refractivity (Wildman–Crippen MR) is 115 cm³/mol. The monoisotopic (exact) mass is 412 g/mol. The fourth-order valence-electron chi connectivity index (χ4n) is 2.55. The van der Waals surface area contributed by atoms with Crippen LogP contribution in [-0.2, 0) is 11.3 Å². The minimum Gasteiger partial charge on any atom is -0.341 e. The van der Waals surface area contributed by atoms with Gasteiger partial charge in [-0.3, -0.25) is 4.79 Å². The molecule has 0 radical (unpaired) electrons. The third kappa shape index (κ3) is 12.2. The molecule has 1 aliphatic rings. The molecule has 1 aliphatic heterocycles. The first-order valence-corrected chi connectivity index (χ1v) is 9.87. The summed E-state index contributed by atoms with van der Waals surface area (Å²) in [5.74, 6) is 0.263.